The molecule has 1 fully saturated rings. The Hall–Kier alpha value is -4.10. The van der Waals surface area contributed by atoms with E-state index in [-0.39, 0.29) is 11.5 Å². The number of aromatic nitrogens is 2. The van der Waals surface area contributed by atoms with Crippen LogP contribution in [0.4, 0.5) is 0 Å². The van der Waals surface area contributed by atoms with E-state index in [4.69, 9.17) is 16.0 Å². The Morgan fingerprint density at radius 1 is 1.09 bits per heavy atom. The van der Waals surface area contributed by atoms with Gasteiger partial charge in [-0.25, -0.2) is 4.79 Å². The topological polar surface area (TPSA) is 97.4 Å². The van der Waals surface area contributed by atoms with E-state index >= 15 is 0 Å². The van der Waals surface area contributed by atoms with Crippen molar-refractivity contribution in [3.63, 3.8) is 0 Å². The average Bonchev–Trinajstić information content (AvgIpc) is 3.26. The summed E-state index contributed by atoms with van der Waals surface area (Å²) in [4.78, 5) is 24.9. The van der Waals surface area contributed by atoms with Gasteiger partial charge in [0.15, 0.2) is 0 Å². The van der Waals surface area contributed by atoms with Crippen LogP contribution in [0.2, 0.25) is 5.02 Å². The maximum atomic E-state index is 13.7. The summed E-state index contributed by atoms with van der Waals surface area (Å²) in [6.45, 7) is 0.454. The molecule has 1 aliphatic carbocycles. The third-order valence-electron chi connectivity index (χ3n) is 6.61. The summed E-state index contributed by atoms with van der Waals surface area (Å²) in [6, 6.07) is 17.9. The number of carboxylic acid groups (broad SMARTS) is 1. The molecule has 1 amide bonds. The SMILES string of the molecule is O=C(O)c1ccc(C2(NC(=O)c3cc4occc4c4cnn(Cc5cccc(Cl)c5)c34)CC2)cc1. The second kappa shape index (κ2) is 7.99. The lowest BCUT2D eigenvalue weighted by molar-refractivity contribution is 0.0696. The van der Waals surface area contributed by atoms with Crippen LogP contribution in [0.25, 0.3) is 21.9 Å². The van der Waals surface area contributed by atoms with Crippen molar-refractivity contribution in [2.24, 2.45) is 0 Å². The Morgan fingerprint density at radius 3 is 2.60 bits per heavy atom. The quantitative estimate of drug-likeness (QED) is 0.326. The maximum Gasteiger partial charge on any atom is 0.335 e. The monoisotopic (exact) mass is 485 g/mol. The van der Waals surface area contributed by atoms with E-state index in [9.17, 15) is 14.7 Å². The van der Waals surface area contributed by atoms with Crippen molar-refractivity contribution in [3.8, 4) is 0 Å². The Labute approximate surface area is 204 Å². The average molecular weight is 486 g/mol. The molecule has 6 rings (SSSR count). The fraction of sp³-hybridized carbons (Fsp3) is 0.148. The third kappa shape index (κ3) is 3.74. The third-order valence-corrected chi connectivity index (χ3v) is 6.84. The molecular formula is C27H20ClN3O4. The Morgan fingerprint density at radius 2 is 1.89 bits per heavy atom. The molecule has 174 valence electrons. The molecule has 3 aromatic carbocycles. The van der Waals surface area contributed by atoms with Crippen LogP contribution in [-0.4, -0.2) is 26.8 Å². The normalized spacial score (nSPS) is 14.3. The molecule has 0 unspecified atom stereocenters. The predicted molar refractivity (Wildman–Crippen MR) is 132 cm³/mol. The first kappa shape index (κ1) is 21.4. The highest BCUT2D eigenvalue weighted by Gasteiger charge is 2.46. The van der Waals surface area contributed by atoms with Gasteiger partial charge in [0.1, 0.15) is 5.58 Å². The van der Waals surface area contributed by atoms with E-state index < -0.39 is 11.5 Å². The minimum Gasteiger partial charge on any atom is -0.478 e. The molecule has 0 radical (unpaired) electrons. The van der Waals surface area contributed by atoms with Crippen LogP contribution in [-0.2, 0) is 12.1 Å². The second-order valence-corrected chi connectivity index (χ2v) is 9.31. The highest BCUT2D eigenvalue weighted by Crippen LogP contribution is 2.46. The molecule has 0 bridgehead atoms. The van der Waals surface area contributed by atoms with Gasteiger partial charge in [-0.15, -0.1) is 0 Å². The lowest BCUT2D eigenvalue weighted by Gasteiger charge is -2.19. The molecule has 2 N–H and O–H groups in total. The number of hydrogen-bond acceptors (Lipinski definition) is 4. The van der Waals surface area contributed by atoms with E-state index in [1.165, 1.54) is 0 Å². The highest BCUT2D eigenvalue weighted by molar-refractivity contribution is 6.30. The van der Waals surface area contributed by atoms with E-state index in [1.54, 1.807) is 42.8 Å². The number of hydrogen-bond donors (Lipinski definition) is 2. The van der Waals surface area contributed by atoms with Crippen LogP contribution in [0.3, 0.4) is 0 Å². The standard InChI is InChI=1S/C27H20ClN3O4/c28-19-3-1-2-16(12-19)15-31-24-21(13-23-20(8-11-35-23)22(24)14-29-31)25(32)30-27(9-10-27)18-6-4-17(5-7-18)26(33)34/h1-8,11-14H,9-10,15H2,(H,30,32)(H,33,34). The van der Waals surface area contributed by atoms with Crippen molar-refractivity contribution in [2.75, 3.05) is 0 Å². The van der Waals surface area contributed by atoms with Gasteiger partial charge in [0.25, 0.3) is 5.91 Å². The Kier molecular flexibility index (Phi) is 4.89. The molecule has 1 aliphatic rings. The largest absolute Gasteiger partial charge is 0.478 e. The molecule has 8 heteroatoms. The lowest BCUT2D eigenvalue weighted by Crippen LogP contribution is -2.35. The van der Waals surface area contributed by atoms with Gasteiger partial charge in [-0.2, -0.15) is 5.10 Å². The number of halogens is 1. The molecule has 0 spiro atoms. The summed E-state index contributed by atoms with van der Waals surface area (Å²) in [5, 5.41) is 19.3. The van der Waals surface area contributed by atoms with Crippen LogP contribution in [0.1, 0.15) is 44.7 Å². The van der Waals surface area contributed by atoms with Gasteiger partial charge in [0.2, 0.25) is 0 Å². The predicted octanol–water partition coefficient (Wildman–Crippen LogP) is 5.60. The molecule has 7 nitrogen and oxygen atoms in total. The molecular weight excluding hydrogens is 466 g/mol. The summed E-state index contributed by atoms with van der Waals surface area (Å²) >= 11 is 6.17. The minimum absolute atomic E-state index is 0.214. The summed E-state index contributed by atoms with van der Waals surface area (Å²) in [5.74, 6) is -1.21. The summed E-state index contributed by atoms with van der Waals surface area (Å²) in [6.07, 6.45) is 4.91. The first-order valence-electron chi connectivity index (χ1n) is 11.2. The molecule has 5 aromatic rings. The van der Waals surface area contributed by atoms with Gasteiger partial charge < -0.3 is 14.8 Å². The van der Waals surface area contributed by atoms with Crippen molar-refractivity contribution >= 4 is 45.3 Å². The first-order chi connectivity index (χ1) is 16.9. The van der Waals surface area contributed by atoms with Gasteiger partial charge in [-0.1, -0.05) is 35.9 Å². The second-order valence-electron chi connectivity index (χ2n) is 8.87. The Balaban J connectivity index is 1.40. The maximum absolute atomic E-state index is 13.7. The van der Waals surface area contributed by atoms with Crippen molar-refractivity contribution in [1.82, 2.24) is 15.1 Å². The number of nitrogens with one attached hydrogen (secondary N) is 1. The van der Waals surface area contributed by atoms with Crippen molar-refractivity contribution in [2.45, 2.75) is 24.9 Å². The van der Waals surface area contributed by atoms with Gasteiger partial charge in [0, 0.05) is 15.8 Å². The molecule has 35 heavy (non-hydrogen) atoms. The fourth-order valence-electron chi connectivity index (χ4n) is 4.65. The number of carbonyl (C=O) groups excluding carboxylic acids is 1. The number of fused-ring (bicyclic) bond motifs is 3. The number of carbonyl (C=O) groups is 2. The number of rotatable bonds is 6. The first-order valence-corrected chi connectivity index (χ1v) is 11.6. The van der Waals surface area contributed by atoms with E-state index in [0.717, 1.165) is 34.7 Å². The lowest BCUT2D eigenvalue weighted by atomic mass is 10.0. The van der Waals surface area contributed by atoms with Gasteiger partial charge >= 0.3 is 5.97 Å². The van der Waals surface area contributed by atoms with Crippen LogP contribution in [0.15, 0.2) is 77.5 Å². The summed E-state index contributed by atoms with van der Waals surface area (Å²) < 4.78 is 7.45. The van der Waals surface area contributed by atoms with Gasteiger partial charge in [0.05, 0.1) is 41.2 Å². The molecule has 0 aliphatic heterocycles. The number of benzene rings is 3. The zero-order valence-electron chi connectivity index (χ0n) is 18.5. The van der Waals surface area contributed by atoms with Gasteiger partial charge in [-0.3, -0.25) is 9.48 Å². The van der Waals surface area contributed by atoms with E-state index in [2.05, 4.69) is 10.4 Å². The van der Waals surface area contributed by atoms with Crippen LogP contribution in [0, 0.1) is 0 Å². The summed E-state index contributed by atoms with van der Waals surface area (Å²) in [7, 11) is 0. The van der Waals surface area contributed by atoms with Crippen LogP contribution >= 0.6 is 11.6 Å². The van der Waals surface area contributed by atoms with Gasteiger partial charge in [-0.05, 0) is 60.4 Å². The zero-order chi connectivity index (χ0) is 24.2. The number of amides is 1. The smallest absolute Gasteiger partial charge is 0.335 e. The zero-order valence-corrected chi connectivity index (χ0v) is 19.2. The molecule has 0 atom stereocenters. The van der Waals surface area contributed by atoms with Crippen molar-refractivity contribution in [1.29, 1.82) is 0 Å². The minimum atomic E-state index is -0.979. The number of aromatic carboxylic acids is 1. The molecule has 0 saturated heterocycles. The summed E-state index contributed by atoms with van der Waals surface area (Å²) in [5.41, 5.74) is 3.35. The van der Waals surface area contributed by atoms with Crippen LogP contribution < -0.4 is 5.32 Å². The highest BCUT2D eigenvalue weighted by atomic mass is 35.5. The fourth-order valence-corrected chi connectivity index (χ4v) is 4.86. The van der Waals surface area contributed by atoms with E-state index in [1.807, 2.05) is 35.0 Å². The van der Waals surface area contributed by atoms with Crippen molar-refractivity contribution < 1.29 is 19.1 Å². The van der Waals surface area contributed by atoms with Crippen LogP contribution in [0.5, 0.6) is 0 Å². The number of furan rings is 1. The van der Waals surface area contributed by atoms with Crippen molar-refractivity contribution in [3.05, 3.63) is 100 Å². The number of carboxylic acids is 1. The number of nitrogens with zero attached hydrogens (tertiary/aromatic N) is 2. The Bertz CT molecular complexity index is 1610. The molecule has 1 saturated carbocycles. The van der Waals surface area contributed by atoms with E-state index in [0.29, 0.717) is 28.2 Å². The molecule has 2 aromatic heterocycles. The molecule has 2 heterocycles.